The highest BCUT2D eigenvalue weighted by Gasteiger charge is 2.04. The summed E-state index contributed by atoms with van der Waals surface area (Å²) >= 11 is 11.8. The van der Waals surface area contributed by atoms with E-state index in [1.54, 1.807) is 18.2 Å². The third-order valence-electron chi connectivity index (χ3n) is 1.59. The van der Waals surface area contributed by atoms with Crippen molar-refractivity contribution in [2.75, 3.05) is 0 Å². The first-order valence-electron chi connectivity index (χ1n) is 4.03. The third-order valence-corrected chi connectivity index (χ3v) is 2.30. The molecule has 2 N–H and O–H groups in total. The number of carbonyl (C=O) groups excluding carboxylic acids is 1. The molecule has 0 spiro atoms. The van der Waals surface area contributed by atoms with E-state index in [0.29, 0.717) is 16.6 Å². The van der Waals surface area contributed by atoms with Gasteiger partial charge in [-0.05, 0) is 12.1 Å². The number of amides is 1. The summed E-state index contributed by atoms with van der Waals surface area (Å²) in [4.78, 5) is 10.6. The largest absolute Gasteiger partial charge is 0.292 e. The van der Waals surface area contributed by atoms with Gasteiger partial charge in [-0.1, -0.05) is 29.3 Å². The lowest BCUT2D eigenvalue weighted by Crippen LogP contribution is -2.35. The van der Waals surface area contributed by atoms with Crippen LogP contribution in [0.25, 0.3) is 0 Å². The van der Waals surface area contributed by atoms with Crippen molar-refractivity contribution in [2.45, 2.75) is 13.5 Å². The Morgan fingerprint density at radius 2 is 1.93 bits per heavy atom. The van der Waals surface area contributed by atoms with Crippen molar-refractivity contribution in [3.05, 3.63) is 33.8 Å². The van der Waals surface area contributed by atoms with Crippen LogP contribution in [0.2, 0.25) is 10.0 Å². The average molecular weight is 233 g/mol. The minimum Gasteiger partial charge on any atom is -0.292 e. The first kappa shape index (κ1) is 11.3. The quantitative estimate of drug-likeness (QED) is 0.785. The van der Waals surface area contributed by atoms with Gasteiger partial charge in [0, 0.05) is 29.1 Å². The van der Waals surface area contributed by atoms with Crippen molar-refractivity contribution in [1.82, 2.24) is 10.9 Å². The van der Waals surface area contributed by atoms with E-state index < -0.39 is 0 Å². The topological polar surface area (TPSA) is 41.1 Å². The molecule has 0 fully saturated rings. The van der Waals surface area contributed by atoms with Crippen molar-refractivity contribution in [3.8, 4) is 0 Å². The molecule has 76 valence electrons. The van der Waals surface area contributed by atoms with E-state index >= 15 is 0 Å². The molecule has 0 saturated heterocycles. The van der Waals surface area contributed by atoms with E-state index in [2.05, 4.69) is 10.9 Å². The summed E-state index contributed by atoms with van der Waals surface area (Å²) in [7, 11) is 0. The van der Waals surface area contributed by atoms with Gasteiger partial charge in [-0.2, -0.15) is 0 Å². The lowest BCUT2D eigenvalue weighted by molar-refractivity contribution is -0.119. The molecule has 0 aromatic heterocycles. The summed E-state index contributed by atoms with van der Waals surface area (Å²) < 4.78 is 0. The summed E-state index contributed by atoms with van der Waals surface area (Å²) in [6.07, 6.45) is 0. The zero-order chi connectivity index (χ0) is 10.6. The van der Waals surface area contributed by atoms with Gasteiger partial charge in [0.15, 0.2) is 0 Å². The van der Waals surface area contributed by atoms with Gasteiger partial charge in [-0.25, -0.2) is 5.43 Å². The van der Waals surface area contributed by atoms with Gasteiger partial charge in [0.05, 0.1) is 0 Å². The summed E-state index contributed by atoms with van der Waals surface area (Å²) in [6, 6.07) is 5.27. The molecule has 1 rings (SSSR count). The van der Waals surface area contributed by atoms with Crippen LogP contribution in [0.15, 0.2) is 18.2 Å². The van der Waals surface area contributed by atoms with E-state index in [9.17, 15) is 4.79 Å². The second kappa shape index (κ2) is 5.20. The number of rotatable bonds is 3. The molecular formula is C9H10Cl2N2O. The van der Waals surface area contributed by atoms with Crippen LogP contribution in [0.1, 0.15) is 12.5 Å². The number of benzene rings is 1. The van der Waals surface area contributed by atoms with Crippen LogP contribution >= 0.6 is 23.2 Å². The predicted molar refractivity (Wildman–Crippen MR) is 57.1 cm³/mol. The molecule has 0 aliphatic rings. The second-order valence-corrected chi connectivity index (χ2v) is 3.55. The zero-order valence-corrected chi connectivity index (χ0v) is 9.12. The molecule has 0 bridgehead atoms. The van der Waals surface area contributed by atoms with Crippen LogP contribution in [0.3, 0.4) is 0 Å². The molecule has 1 amide bonds. The smallest absolute Gasteiger partial charge is 0.230 e. The lowest BCUT2D eigenvalue weighted by atomic mass is 10.2. The Morgan fingerprint density at radius 1 is 1.36 bits per heavy atom. The van der Waals surface area contributed by atoms with Crippen LogP contribution in [0, 0.1) is 0 Å². The summed E-state index contributed by atoms with van der Waals surface area (Å²) in [5, 5.41) is 1.16. The first-order chi connectivity index (χ1) is 6.61. The Balaban J connectivity index is 2.62. The highest BCUT2D eigenvalue weighted by Crippen LogP contribution is 2.23. The number of halogens is 2. The molecule has 1 aromatic rings. The monoisotopic (exact) mass is 232 g/mol. The summed E-state index contributed by atoms with van der Waals surface area (Å²) in [6.45, 7) is 1.82. The Morgan fingerprint density at radius 3 is 2.43 bits per heavy atom. The van der Waals surface area contributed by atoms with Gasteiger partial charge in [0.1, 0.15) is 0 Å². The van der Waals surface area contributed by atoms with E-state index in [4.69, 9.17) is 23.2 Å². The van der Waals surface area contributed by atoms with Gasteiger partial charge in [-0.15, -0.1) is 0 Å². The molecule has 5 heteroatoms. The van der Waals surface area contributed by atoms with Gasteiger partial charge in [0.25, 0.3) is 0 Å². The molecule has 0 aliphatic heterocycles. The van der Waals surface area contributed by atoms with E-state index in [0.717, 1.165) is 5.56 Å². The zero-order valence-electron chi connectivity index (χ0n) is 7.60. The molecule has 0 saturated carbocycles. The molecule has 14 heavy (non-hydrogen) atoms. The predicted octanol–water partition coefficient (Wildman–Crippen LogP) is 2.13. The van der Waals surface area contributed by atoms with Crippen molar-refractivity contribution in [3.63, 3.8) is 0 Å². The van der Waals surface area contributed by atoms with Crippen molar-refractivity contribution >= 4 is 29.1 Å². The molecule has 0 atom stereocenters. The maximum atomic E-state index is 10.6. The number of hydrogen-bond acceptors (Lipinski definition) is 2. The number of hydrazine groups is 1. The van der Waals surface area contributed by atoms with E-state index in [1.807, 2.05) is 0 Å². The average Bonchev–Trinajstić information content (AvgIpc) is 2.09. The van der Waals surface area contributed by atoms with Crippen molar-refractivity contribution in [2.24, 2.45) is 0 Å². The minimum atomic E-state index is -0.159. The summed E-state index contributed by atoms with van der Waals surface area (Å²) in [5.74, 6) is -0.159. The molecule has 3 nitrogen and oxygen atoms in total. The van der Waals surface area contributed by atoms with Gasteiger partial charge >= 0.3 is 0 Å². The summed E-state index contributed by atoms with van der Waals surface area (Å²) in [5.41, 5.74) is 5.92. The molecule has 0 heterocycles. The second-order valence-electron chi connectivity index (χ2n) is 2.73. The molecule has 0 unspecified atom stereocenters. The fraction of sp³-hybridized carbons (Fsp3) is 0.222. The normalized spacial score (nSPS) is 9.93. The van der Waals surface area contributed by atoms with Gasteiger partial charge in [0.2, 0.25) is 5.91 Å². The van der Waals surface area contributed by atoms with Crippen LogP contribution in [0.4, 0.5) is 0 Å². The maximum Gasteiger partial charge on any atom is 0.230 e. The number of carbonyl (C=O) groups is 1. The highest BCUT2D eigenvalue weighted by atomic mass is 35.5. The SMILES string of the molecule is CC(=O)NNCc1c(Cl)cccc1Cl. The van der Waals surface area contributed by atoms with E-state index in [-0.39, 0.29) is 5.91 Å². The molecule has 0 aliphatic carbocycles. The Kier molecular flexibility index (Phi) is 4.20. The fourth-order valence-corrected chi connectivity index (χ4v) is 1.49. The van der Waals surface area contributed by atoms with Gasteiger partial charge in [-0.3, -0.25) is 10.2 Å². The third kappa shape index (κ3) is 3.18. The lowest BCUT2D eigenvalue weighted by Gasteiger charge is -2.08. The van der Waals surface area contributed by atoms with Crippen LogP contribution in [-0.2, 0) is 11.3 Å². The van der Waals surface area contributed by atoms with Crippen LogP contribution in [-0.4, -0.2) is 5.91 Å². The molecule has 0 radical (unpaired) electrons. The Labute approximate surface area is 92.4 Å². The number of nitrogens with one attached hydrogen (secondary N) is 2. The fourth-order valence-electron chi connectivity index (χ4n) is 0.958. The minimum absolute atomic E-state index is 0.159. The maximum absolute atomic E-state index is 10.6. The van der Waals surface area contributed by atoms with Crippen molar-refractivity contribution < 1.29 is 4.79 Å². The number of hydrogen-bond donors (Lipinski definition) is 2. The van der Waals surface area contributed by atoms with Crippen molar-refractivity contribution in [1.29, 1.82) is 0 Å². The van der Waals surface area contributed by atoms with Crippen LogP contribution < -0.4 is 10.9 Å². The molecular weight excluding hydrogens is 223 g/mol. The Hall–Kier alpha value is -0.770. The van der Waals surface area contributed by atoms with Gasteiger partial charge < -0.3 is 0 Å². The Bertz CT molecular complexity index is 321. The van der Waals surface area contributed by atoms with Crippen LogP contribution in [0.5, 0.6) is 0 Å². The molecule has 1 aromatic carbocycles. The first-order valence-corrected chi connectivity index (χ1v) is 4.79. The standard InChI is InChI=1S/C9H10Cl2N2O/c1-6(14)13-12-5-7-8(10)3-2-4-9(7)11/h2-4,12H,5H2,1H3,(H,13,14). The highest BCUT2D eigenvalue weighted by molar-refractivity contribution is 6.35. The van der Waals surface area contributed by atoms with E-state index in [1.165, 1.54) is 6.92 Å².